The highest BCUT2D eigenvalue weighted by molar-refractivity contribution is 5.74. The lowest BCUT2D eigenvalue weighted by molar-refractivity contribution is -0.137. The van der Waals surface area contributed by atoms with Gasteiger partial charge in [-0.2, -0.15) is 13.2 Å². The fraction of sp³-hybridized carbons (Fsp3) is 0.500. The van der Waals surface area contributed by atoms with E-state index in [0.29, 0.717) is 32.1 Å². The van der Waals surface area contributed by atoms with Crippen LogP contribution in [0, 0.1) is 17.8 Å². The normalized spacial score (nSPS) is 11.0. The molecule has 1 aromatic rings. The van der Waals surface area contributed by atoms with Crippen LogP contribution in [0.25, 0.3) is 0 Å². The van der Waals surface area contributed by atoms with E-state index in [9.17, 15) is 18.0 Å². The Kier molecular flexibility index (Phi) is 8.86. The van der Waals surface area contributed by atoms with Gasteiger partial charge in [-0.15, -0.1) is 0 Å². The number of carbonyl (C=O) groups is 1. The van der Waals surface area contributed by atoms with Gasteiger partial charge in [0, 0.05) is 25.3 Å². The van der Waals surface area contributed by atoms with Crippen molar-refractivity contribution in [3.05, 3.63) is 35.4 Å². The van der Waals surface area contributed by atoms with Crippen LogP contribution in [0.4, 0.5) is 18.0 Å². The molecule has 0 fully saturated rings. The van der Waals surface area contributed by atoms with Crippen molar-refractivity contribution < 1.29 is 22.7 Å². The first-order chi connectivity index (χ1) is 11.8. The van der Waals surface area contributed by atoms with Crippen LogP contribution in [0.15, 0.2) is 24.3 Å². The Hall–Kier alpha value is -2.20. The van der Waals surface area contributed by atoms with E-state index in [2.05, 4.69) is 36.3 Å². The maximum Gasteiger partial charge on any atom is 0.416 e. The lowest BCUT2D eigenvalue weighted by atomic mass is 10.1. The number of benzene rings is 1. The van der Waals surface area contributed by atoms with Gasteiger partial charge in [0.25, 0.3) is 0 Å². The summed E-state index contributed by atoms with van der Waals surface area (Å²) in [5.74, 6) is 5.69. The summed E-state index contributed by atoms with van der Waals surface area (Å²) in [5, 5.41) is 5.17. The zero-order valence-corrected chi connectivity index (χ0v) is 14.4. The Morgan fingerprint density at radius 2 is 2.04 bits per heavy atom. The highest BCUT2D eigenvalue weighted by Crippen LogP contribution is 2.29. The highest BCUT2D eigenvalue weighted by atomic mass is 19.4. The van der Waals surface area contributed by atoms with E-state index in [1.54, 1.807) is 0 Å². The van der Waals surface area contributed by atoms with Crippen molar-refractivity contribution in [1.29, 1.82) is 0 Å². The van der Waals surface area contributed by atoms with E-state index in [1.807, 2.05) is 0 Å². The molecular formula is C18H23F3N2O2. The van der Waals surface area contributed by atoms with Crippen LogP contribution in [-0.4, -0.2) is 32.3 Å². The Bertz CT molecular complexity index is 604. The fourth-order valence-corrected chi connectivity index (χ4v) is 1.80. The average Bonchev–Trinajstić information content (AvgIpc) is 2.54. The molecular weight excluding hydrogens is 333 g/mol. The third kappa shape index (κ3) is 9.62. The predicted octanol–water partition coefficient (Wildman–Crippen LogP) is 3.42. The second-order valence-electron chi connectivity index (χ2n) is 5.81. The van der Waals surface area contributed by atoms with Crippen molar-refractivity contribution in [2.75, 3.05) is 26.3 Å². The number of hydrogen-bond acceptors (Lipinski definition) is 2. The van der Waals surface area contributed by atoms with Gasteiger partial charge in [-0.25, -0.2) is 4.79 Å². The molecule has 138 valence electrons. The average molecular weight is 356 g/mol. The van der Waals surface area contributed by atoms with Crippen LogP contribution >= 0.6 is 0 Å². The van der Waals surface area contributed by atoms with Crippen molar-refractivity contribution in [3.8, 4) is 11.8 Å². The molecule has 0 bridgehead atoms. The number of carbonyl (C=O) groups excluding carboxylic acids is 1. The van der Waals surface area contributed by atoms with Gasteiger partial charge in [-0.3, -0.25) is 0 Å². The molecule has 0 spiro atoms. The number of halogens is 3. The maximum absolute atomic E-state index is 12.6. The molecule has 0 radical (unpaired) electrons. The Labute approximate surface area is 146 Å². The highest BCUT2D eigenvalue weighted by Gasteiger charge is 2.30. The minimum atomic E-state index is -4.39. The molecule has 0 saturated carbocycles. The number of hydrogen-bond donors (Lipinski definition) is 2. The van der Waals surface area contributed by atoms with Crippen LogP contribution in [0.1, 0.15) is 31.4 Å². The zero-order valence-electron chi connectivity index (χ0n) is 14.4. The SMILES string of the molecule is CC(C)COCCCNC(=O)NCC#Cc1cccc(C(F)(F)F)c1. The van der Waals surface area contributed by atoms with Crippen LogP contribution in [0.2, 0.25) is 0 Å². The minimum absolute atomic E-state index is 0.0475. The van der Waals surface area contributed by atoms with E-state index < -0.39 is 11.7 Å². The van der Waals surface area contributed by atoms with E-state index in [4.69, 9.17) is 4.74 Å². The minimum Gasteiger partial charge on any atom is -0.381 e. The quantitative estimate of drug-likeness (QED) is 0.581. The largest absolute Gasteiger partial charge is 0.416 e. The molecule has 0 heterocycles. The number of alkyl halides is 3. The number of urea groups is 1. The molecule has 1 aromatic carbocycles. The summed E-state index contributed by atoms with van der Waals surface area (Å²) in [5.41, 5.74) is -0.496. The van der Waals surface area contributed by atoms with Gasteiger partial charge in [-0.05, 0) is 30.5 Å². The molecule has 4 nitrogen and oxygen atoms in total. The van der Waals surface area contributed by atoms with Gasteiger partial charge in [-0.1, -0.05) is 31.8 Å². The Morgan fingerprint density at radius 1 is 1.28 bits per heavy atom. The first-order valence-electron chi connectivity index (χ1n) is 8.04. The molecule has 0 saturated heterocycles. The molecule has 2 N–H and O–H groups in total. The Balaban J connectivity index is 2.25. The first kappa shape index (κ1) is 20.8. The van der Waals surface area contributed by atoms with E-state index >= 15 is 0 Å². The van der Waals surface area contributed by atoms with Gasteiger partial charge >= 0.3 is 12.2 Å². The van der Waals surface area contributed by atoms with Crippen LogP contribution in [-0.2, 0) is 10.9 Å². The van der Waals surface area contributed by atoms with Crippen LogP contribution in [0.3, 0.4) is 0 Å². The number of rotatable bonds is 7. The Morgan fingerprint density at radius 3 is 2.72 bits per heavy atom. The summed E-state index contributed by atoms with van der Waals surface area (Å²) in [6.07, 6.45) is -3.69. The molecule has 0 aliphatic carbocycles. The second-order valence-corrected chi connectivity index (χ2v) is 5.81. The molecule has 0 aliphatic heterocycles. The van der Waals surface area contributed by atoms with Gasteiger partial charge in [0.2, 0.25) is 0 Å². The second kappa shape index (κ2) is 10.6. The van der Waals surface area contributed by atoms with Crippen molar-refractivity contribution in [2.24, 2.45) is 5.92 Å². The summed E-state index contributed by atoms with van der Waals surface area (Å²) in [6, 6.07) is 4.38. The maximum atomic E-state index is 12.6. The van der Waals surface area contributed by atoms with E-state index in [1.165, 1.54) is 12.1 Å². The van der Waals surface area contributed by atoms with E-state index in [0.717, 1.165) is 12.1 Å². The number of nitrogens with one attached hydrogen (secondary N) is 2. The van der Waals surface area contributed by atoms with Crippen molar-refractivity contribution in [1.82, 2.24) is 10.6 Å². The van der Waals surface area contributed by atoms with Gasteiger partial charge in [0.1, 0.15) is 0 Å². The monoisotopic (exact) mass is 356 g/mol. The molecule has 1 rings (SSSR count). The number of ether oxygens (including phenoxy) is 1. The fourth-order valence-electron chi connectivity index (χ4n) is 1.80. The van der Waals surface area contributed by atoms with Gasteiger partial charge < -0.3 is 15.4 Å². The van der Waals surface area contributed by atoms with Gasteiger partial charge in [0.05, 0.1) is 12.1 Å². The zero-order chi connectivity index (χ0) is 18.7. The van der Waals surface area contributed by atoms with E-state index in [-0.39, 0.29) is 18.1 Å². The van der Waals surface area contributed by atoms with Crippen molar-refractivity contribution >= 4 is 6.03 Å². The van der Waals surface area contributed by atoms with Crippen molar-refractivity contribution in [3.63, 3.8) is 0 Å². The van der Waals surface area contributed by atoms with Crippen LogP contribution < -0.4 is 10.6 Å². The molecule has 0 aromatic heterocycles. The summed E-state index contributed by atoms with van der Waals surface area (Å²) in [7, 11) is 0. The lowest BCUT2D eigenvalue weighted by Gasteiger charge is -2.07. The third-order valence-corrected chi connectivity index (χ3v) is 2.96. The van der Waals surface area contributed by atoms with Crippen molar-refractivity contribution in [2.45, 2.75) is 26.4 Å². The standard InChI is InChI=1S/C18H23F3N2O2/c1-14(2)13-25-11-5-10-23-17(24)22-9-4-7-15-6-3-8-16(12-15)18(19,20)21/h3,6,8,12,14H,5,9-11,13H2,1-2H3,(H2,22,23,24). The number of amides is 2. The summed E-state index contributed by atoms with van der Waals surface area (Å²) >= 11 is 0. The first-order valence-corrected chi connectivity index (χ1v) is 8.04. The lowest BCUT2D eigenvalue weighted by Crippen LogP contribution is -2.36. The van der Waals surface area contributed by atoms with Crippen LogP contribution in [0.5, 0.6) is 0 Å². The summed E-state index contributed by atoms with van der Waals surface area (Å²) in [6.45, 7) is 5.92. The topological polar surface area (TPSA) is 50.4 Å². The summed E-state index contributed by atoms with van der Waals surface area (Å²) in [4.78, 5) is 11.5. The smallest absolute Gasteiger partial charge is 0.381 e. The molecule has 0 unspecified atom stereocenters. The summed E-state index contributed by atoms with van der Waals surface area (Å²) < 4.78 is 43.1. The molecule has 2 amide bonds. The molecule has 25 heavy (non-hydrogen) atoms. The molecule has 0 aliphatic rings. The van der Waals surface area contributed by atoms with Gasteiger partial charge in [0.15, 0.2) is 0 Å². The molecule has 7 heteroatoms. The predicted molar refractivity (Wildman–Crippen MR) is 90.0 cm³/mol. The third-order valence-electron chi connectivity index (χ3n) is 2.96. The molecule has 0 atom stereocenters.